The first kappa shape index (κ1) is 11.5. The largest absolute Gasteiger partial charge is 0.384 e. The van der Waals surface area contributed by atoms with E-state index >= 15 is 0 Å². The fourth-order valence-electron chi connectivity index (χ4n) is 1.50. The van der Waals surface area contributed by atoms with E-state index in [9.17, 15) is 4.79 Å². The number of aromatic nitrogens is 1. The lowest BCUT2D eigenvalue weighted by Crippen LogP contribution is -2.32. The molecule has 1 aromatic heterocycles. The van der Waals surface area contributed by atoms with Crippen LogP contribution in [0.2, 0.25) is 0 Å². The Morgan fingerprint density at radius 2 is 2.00 bits per heavy atom. The van der Waals surface area contributed by atoms with Crippen molar-refractivity contribution in [2.45, 2.75) is 26.7 Å². The number of nitrogens with two attached hydrogens (primary N) is 1. The second kappa shape index (κ2) is 4.77. The molecule has 1 amide bonds. The van der Waals surface area contributed by atoms with Gasteiger partial charge in [-0.15, -0.1) is 0 Å². The summed E-state index contributed by atoms with van der Waals surface area (Å²) in [5.41, 5.74) is 6.63. The van der Waals surface area contributed by atoms with Gasteiger partial charge in [-0.05, 0) is 18.1 Å². The number of anilines is 2. The summed E-state index contributed by atoms with van der Waals surface area (Å²) in [4.78, 5) is 17.0. The Morgan fingerprint density at radius 1 is 1.33 bits per heavy atom. The highest BCUT2D eigenvalue weighted by atomic mass is 16.2. The molecule has 0 saturated carbocycles. The third kappa shape index (κ3) is 2.26. The van der Waals surface area contributed by atoms with E-state index in [4.69, 9.17) is 5.73 Å². The molecule has 0 aromatic carbocycles. The predicted molar refractivity (Wildman–Crippen MR) is 61.7 cm³/mol. The van der Waals surface area contributed by atoms with Crippen molar-refractivity contribution in [1.29, 1.82) is 0 Å². The van der Waals surface area contributed by atoms with E-state index in [1.165, 1.54) is 0 Å². The van der Waals surface area contributed by atoms with Crippen molar-refractivity contribution >= 4 is 17.5 Å². The molecule has 1 aliphatic heterocycles. The molecule has 4 nitrogen and oxygen atoms in total. The molecular formula is C11H17N3O. The quantitative estimate of drug-likeness (QED) is 0.703. The first-order valence-corrected chi connectivity index (χ1v) is 5.20. The third-order valence-electron chi connectivity index (χ3n) is 2.28. The minimum atomic E-state index is 0.102. The van der Waals surface area contributed by atoms with Crippen LogP contribution in [0, 0.1) is 0 Å². The minimum Gasteiger partial charge on any atom is -0.384 e. The highest BCUT2D eigenvalue weighted by Gasteiger charge is 2.21. The molecule has 0 unspecified atom stereocenters. The lowest BCUT2D eigenvalue weighted by molar-refractivity contribution is -0.118. The molecule has 0 radical (unpaired) electrons. The Labute approximate surface area is 90.1 Å². The average molecular weight is 207 g/mol. The zero-order valence-electron chi connectivity index (χ0n) is 9.45. The van der Waals surface area contributed by atoms with Crippen LogP contribution in [0.1, 0.15) is 25.8 Å². The van der Waals surface area contributed by atoms with Crippen LogP contribution in [0.25, 0.3) is 0 Å². The van der Waals surface area contributed by atoms with Gasteiger partial charge in [-0.3, -0.25) is 9.69 Å². The van der Waals surface area contributed by atoms with Crippen LogP contribution >= 0.6 is 0 Å². The van der Waals surface area contributed by atoms with Crippen molar-refractivity contribution in [3.8, 4) is 0 Å². The van der Waals surface area contributed by atoms with Crippen LogP contribution in [-0.2, 0) is 11.2 Å². The molecule has 0 spiro atoms. The number of carbonyl (C=O) groups excluding carboxylic acids is 1. The molecule has 1 aromatic rings. The highest BCUT2D eigenvalue weighted by molar-refractivity contribution is 5.94. The molecule has 82 valence electrons. The summed E-state index contributed by atoms with van der Waals surface area (Å²) < 4.78 is 0. The van der Waals surface area contributed by atoms with Gasteiger partial charge in [0, 0.05) is 13.5 Å². The first-order chi connectivity index (χ1) is 7.18. The molecule has 0 saturated heterocycles. The first-order valence-electron chi connectivity index (χ1n) is 5.20. The van der Waals surface area contributed by atoms with E-state index < -0.39 is 0 Å². The van der Waals surface area contributed by atoms with Crippen molar-refractivity contribution in [2.75, 3.05) is 17.7 Å². The van der Waals surface area contributed by atoms with E-state index in [1.807, 2.05) is 19.9 Å². The Bertz CT molecular complexity index is 363. The number of rotatable bonds is 0. The summed E-state index contributed by atoms with van der Waals surface area (Å²) in [7, 11) is 1.73. The Balaban J connectivity index is 0.000000531. The molecule has 2 heterocycles. The normalized spacial score (nSPS) is 14.1. The van der Waals surface area contributed by atoms with Gasteiger partial charge in [0.25, 0.3) is 0 Å². The minimum absolute atomic E-state index is 0.102. The Morgan fingerprint density at radius 3 is 2.67 bits per heavy atom. The van der Waals surface area contributed by atoms with Gasteiger partial charge in [0.1, 0.15) is 11.6 Å². The number of pyridine rings is 1. The summed E-state index contributed by atoms with van der Waals surface area (Å²) in [5, 5.41) is 0. The monoisotopic (exact) mass is 207 g/mol. The number of carbonyl (C=O) groups is 1. The van der Waals surface area contributed by atoms with Crippen molar-refractivity contribution < 1.29 is 4.79 Å². The van der Waals surface area contributed by atoms with E-state index in [2.05, 4.69) is 4.98 Å². The number of aryl methyl sites for hydroxylation is 1. The zero-order chi connectivity index (χ0) is 11.4. The standard InChI is InChI=1S/C9H11N3O.C2H6/c1-12-8(13)5-3-6-2-4-7(10)11-9(6)12;1-2/h2,4H,3,5H2,1H3,(H2,10,11);1-2H3. The van der Waals surface area contributed by atoms with Crippen LogP contribution < -0.4 is 10.6 Å². The van der Waals surface area contributed by atoms with Gasteiger partial charge in [0.2, 0.25) is 5.91 Å². The van der Waals surface area contributed by atoms with Gasteiger partial charge in [0.05, 0.1) is 0 Å². The van der Waals surface area contributed by atoms with Gasteiger partial charge < -0.3 is 5.73 Å². The molecule has 2 rings (SSSR count). The van der Waals surface area contributed by atoms with Gasteiger partial charge in [0.15, 0.2) is 0 Å². The summed E-state index contributed by atoms with van der Waals surface area (Å²) in [6.45, 7) is 4.00. The van der Waals surface area contributed by atoms with Crippen molar-refractivity contribution in [3.63, 3.8) is 0 Å². The lowest BCUT2D eigenvalue weighted by Gasteiger charge is -2.24. The summed E-state index contributed by atoms with van der Waals surface area (Å²) in [5.74, 6) is 1.27. The summed E-state index contributed by atoms with van der Waals surface area (Å²) >= 11 is 0. The summed E-state index contributed by atoms with van der Waals surface area (Å²) in [6.07, 6.45) is 1.33. The van der Waals surface area contributed by atoms with Gasteiger partial charge in [-0.25, -0.2) is 4.98 Å². The number of nitrogen functional groups attached to an aromatic ring is 1. The van der Waals surface area contributed by atoms with Crippen LogP contribution in [0.4, 0.5) is 11.6 Å². The lowest BCUT2D eigenvalue weighted by atomic mass is 10.1. The maximum absolute atomic E-state index is 11.3. The molecular weight excluding hydrogens is 190 g/mol. The maximum atomic E-state index is 11.3. The van der Waals surface area contributed by atoms with Crippen molar-refractivity contribution in [2.24, 2.45) is 0 Å². The maximum Gasteiger partial charge on any atom is 0.228 e. The molecule has 0 aliphatic carbocycles. The number of fused-ring (bicyclic) bond motifs is 1. The number of nitrogens with zero attached hydrogens (tertiary/aromatic N) is 2. The topological polar surface area (TPSA) is 59.2 Å². The second-order valence-electron chi connectivity index (χ2n) is 3.17. The molecule has 2 N–H and O–H groups in total. The zero-order valence-corrected chi connectivity index (χ0v) is 9.45. The Kier molecular flexibility index (Phi) is 3.66. The SMILES string of the molecule is CC.CN1C(=O)CCc2ccc(N)nc21. The fraction of sp³-hybridized carbons (Fsp3) is 0.455. The van der Waals surface area contributed by atoms with Crippen molar-refractivity contribution in [3.05, 3.63) is 17.7 Å². The van der Waals surface area contributed by atoms with E-state index in [0.717, 1.165) is 12.0 Å². The van der Waals surface area contributed by atoms with Crippen LogP contribution in [-0.4, -0.2) is 17.9 Å². The van der Waals surface area contributed by atoms with Gasteiger partial charge in [-0.1, -0.05) is 19.9 Å². The number of amides is 1. The van der Waals surface area contributed by atoms with Gasteiger partial charge >= 0.3 is 0 Å². The third-order valence-corrected chi connectivity index (χ3v) is 2.28. The average Bonchev–Trinajstić information content (AvgIpc) is 2.27. The molecule has 15 heavy (non-hydrogen) atoms. The smallest absolute Gasteiger partial charge is 0.228 e. The van der Waals surface area contributed by atoms with Crippen molar-refractivity contribution in [1.82, 2.24) is 4.98 Å². The number of hydrogen-bond acceptors (Lipinski definition) is 3. The van der Waals surface area contributed by atoms with Gasteiger partial charge in [-0.2, -0.15) is 0 Å². The molecule has 0 bridgehead atoms. The summed E-state index contributed by atoms with van der Waals surface area (Å²) in [6, 6.07) is 3.70. The molecule has 1 aliphatic rings. The van der Waals surface area contributed by atoms with E-state index in [0.29, 0.717) is 18.1 Å². The molecule has 4 heteroatoms. The van der Waals surface area contributed by atoms with Crippen LogP contribution in [0.5, 0.6) is 0 Å². The highest BCUT2D eigenvalue weighted by Crippen LogP contribution is 2.24. The molecule has 0 atom stereocenters. The van der Waals surface area contributed by atoms with E-state index in [-0.39, 0.29) is 5.91 Å². The fourth-order valence-corrected chi connectivity index (χ4v) is 1.50. The number of hydrogen-bond donors (Lipinski definition) is 1. The Hall–Kier alpha value is -1.58. The van der Waals surface area contributed by atoms with E-state index in [1.54, 1.807) is 18.0 Å². The second-order valence-corrected chi connectivity index (χ2v) is 3.17. The van der Waals surface area contributed by atoms with Crippen LogP contribution in [0.15, 0.2) is 12.1 Å². The predicted octanol–water partition coefficient (Wildman–Crippen LogP) is 1.60. The molecule has 0 fully saturated rings. The van der Waals surface area contributed by atoms with Crippen LogP contribution in [0.3, 0.4) is 0 Å².